The normalized spacial score (nSPS) is 17.3. The van der Waals surface area contributed by atoms with Crippen molar-refractivity contribution < 1.29 is 9.18 Å². The summed E-state index contributed by atoms with van der Waals surface area (Å²) >= 11 is 6.32. The Labute approximate surface area is 178 Å². The highest BCUT2D eigenvalue weighted by atomic mass is 35.5. The maximum atomic E-state index is 13.7. The zero-order valence-corrected chi connectivity index (χ0v) is 17.9. The number of hydrogen-bond donors (Lipinski definition) is 1. The number of H-pyrrole nitrogens is 1. The van der Waals surface area contributed by atoms with Gasteiger partial charge in [0.05, 0.1) is 28.3 Å². The lowest BCUT2D eigenvalue weighted by Crippen LogP contribution is -2.41. The molecule has 1 aliphatic heterocycles. The molecule has 2 unspecified atom stereocenters. The van der Waals surface area contributed by atoms with Crippen LogP contribution in [0.3, 0.4) is 0 Å². The summed E-state index contributed by atoms with van der Waals surface area (Å²) in [6.07, 6.45) is 4.06. The zero-order chi connectivity index (χ0) is 21.0. The van der Waals surface area contributed by atoms with Gasteiger partial charge < -0.3 is 9.88 Å². The van der Waals surface area contributed by atoms with Gasteiger partial charge >= 0.3 is 0 Å². The van der Waals surface area contributed by atoms with Crippen molar-refractivity contribution in [2.75, 3.05) is 6.54 Å². The van der Waals surface area contributed by atoms with Gasteiger partial charge in [0, 0.05) is 31.9 Å². The summed E-state index contributed by atoms with van der Waals surface area (Å²) in [6.45, 7) is 0.459. The SMILES string of the molecule is Cn1nc(C(F)P)cc1C(=O)N1CCc2[nH]cnc2[C@@H]1c1cc2c(Cl)cccn2n1. The number of halogens is 2. The second-order valence-electron chi connectivity index (χ2n) is 7.15. The van der Waals surface area contributed by atoms with Gasteiger partial charge in [-0.1, -0.05) is 20.8 Å². The Bertz CT molecular complexity index is 1260. The van der Waals surface area contributed by atoms with Crippen LogP contribution in [0.2, 0.25) is 5.02 Å². The molecule has 11 heteroatoms. The van der Waals surface area contributed by atoms with E-state index in [2.05, 4.69) is 20.2 Å². The van der Waals surface area contributed by atoms with E-state index in [9.17, 15) is 9.18 Å². The van der Waals surface area contributed by atoms with Gasteiger partial charge in [-0.3, -0.25) is 9.48 Å². The van der Waals surface area contributed by atoms with E-state index in [-0.39, 0.29) is 11.6 Å². The van der Waals surface area contributed by atoms with E-state index < -0.39 is 12.0 Å². The molecule has 0 fully saturated rings. The van der Waals surface area contributed by atoms with Crippen molar-refractivity contribution in [3.05, 3.63) is 70.3 Å². The summed E-state index contributed by atoms with van der Waals surface area (Å²) < 4.78 is 16.8. The van der Waals surface area contributed by atoms with Gasteiger partial charge in [0.25, 0.3) is 5.91 Å². The summed E-state index contributed by atoms with van der Waals surface area (Å²) in [5.41, 5.74) is 3.61. The Morgan fingerprint density at radius 1 is 1.40 bits per heavy atom. The minimum Gasteiger partial charge on any atom is -0.348 e. The van der Waals surface area contributed by atoms with Gasteiger partial charge in [-0.05, 0) is 24.3 Å². The van der Waals surface area contributed by atoms with Gasteiger partial charge in [-0.2, -0.15) is 10.2 Å². The number of carbonyl (C=O) groups excluding carboxylic acids is 1. The number of nitrogens with zero attached hydrogens (tertiary/aromatic N) is 6. The first-order valence-corrected chi connectivity index (χ1v) is 10.4. The van der Waals surface area contributed by atoms with E-state index in [1.807, 2.05) is 21.4 Å². The second-order valence-corrected chi connectivity index (χ2v) is 8.14. The van der Waals surface area contributed by atoms with Gasteiger partial charge in [-0.15, -0.1) is 0 Å². The molecular formula is C19H18ClFN7OP. The van der Waals surface area contributed by atoms with Gasteiger partial charge in [0.2, 0.25) is 0 Å². The average molecular weight is 446 g/mol. The molecule has 4 aromatic rings. The highest BCUT2D eigenvalue weighted by Crippen LogP contribution is 2.35. The van der Waals surface area contributed by atoms with E-state index in [4.69, 9.17) is 11.6 Å². The third kappa shape index (κ3) is 3.00. The van der Waals surface area contributed by atoms with Gasteiger partial charge in [0.15, 0.2) is 5.91 Å². The smallest absolute Gasteiger partial charge is 0.273 e. The van der Waals surface area contributed by atoms with Crippen LogP contribution in [-0.2, 0) is 13.5 Å². The molecule has 30 heavy (non-hydrogen) atoms. The summed E-state index contributed by atoms with van der Waals surface area (Å²) in [4.78, 5) is 22.8. The number of amides is 1. The first-order valence-electron chi connectivity index (χ1n) is 9.34. The summed E-state index contributed by atoms with van der Waals surface area (Å²) in [5.74, 6) is -1.60. The first kappa shape index (κ1) is 19.2. The molecule has 0 radical (unpaired) electrons. The molecule has 4 aromatic heterocycles. The molecule has 0 saturated carbocycles. The number of nitrogens with one attached hydrogen (secondary N) is 1. The summed E-state index contributed by atoms with van der Waals surface area (Å²) in [5, 5.41) is 9.34. The van der Waals surface area contributed by atoms with Crippen molar-refractivity contribution in [2.24, 2.45) is 7.05 Å². The van der Waals surface area contributed by atoms with Crippen LogP contribution in [0.15, 0.2) is 36.8 Å². The number of aromatic amines is 1. The number of carbonyl (C=O) groups is 1. The van der Waals surface area contributed by atoms with Crippen LogP contribution in [0.5, 0.6) is 0 Å². The highest BCUT2D eigenvalue weighted by molar-refractivity contribution is 7.16. The van der Waals surface area contributed by atoms with E-state index >= 15 is 0 Å². The minimum atomic E-state index is -1.34. The number of rotatable bonds is 3. The number of pyridine rings is 1. The lowest BCUT2D eigenvalue weighted by molar-refractivity contribution is 0.0675. The van der Waals surface area contributed by atoms with Crippen molar-refractivity contribution in [2.45, 2.75) is 18.4 Å². The standard InChI is InChI=1S/C19H18ClFN7OP/c1-26-15(8-13(24-26)18(21)30)19(29)27-6-4-11-16(23-9-22-11)17(27)12-7-14-10(20)3-2-5-28(14)25-12/h2-3,5,7-9,17-18H,4,6,30H2,1H3,(H,22,23)/t17-,18?/m0/s1. The van der Waals surface area contributed by atoms with Crippen LogP contribution in [-0.4, -0.2) is 46.7 Å². The fourth-order valence-electron chi connectivity index (χ4n) is 3.90. The topological polar surface area (TPSA) is 84.1 Å². The number of alkyl halides is 1. The van der Waals surface area contributed by atoms with Crippen molar-refractivity contribution in [1.29, 1.82) is 0 Å². The Morgan fingerprint density at radius 2 is 2.23 bits per heavy atom. The molecule has 0 aromatic carbocycles. The molecule has 1 aliphatic rings. The molecule has 0 saturated heterocycles. The Kier molecular flexibility index (Phi) is 4.60. The van der Waals surface area contributed by atoms with E-state index in [0.717, 1.165) is 16.9 Å². The third-order valence-corrected chi connectivity index (χ3v) is 6.00. The molecule has 0 bridgehead atoms. The number of aryl methyl sites for hydroxylation is 1. The number of hydrogen-bond acceptors (Lipinski definition) is 4. The van der Waals surface area contributed by atoms with Crippen LogP contribution in [0.4, 0.5) is 4.39 Å². The van der Waals surface area contributed by atoms with Crippen LogP contribution in [0.25, 0.3) is 5.52 Å². The fourth-order valence-corrected chi connectivity index (χ4v) is 4.28. The lowest BCUT2D eigenvalue weighted by atomic mass is 9.99. The average Bonchev–Trinajstić information content (AvgIpc) is 3.44. The van der Waals surface area contributed by atoms with Crippen molar-refractivity contribution in [3.63, 3.8) is 0 Å². The van der Waals surface area contributed by atoms with Gasteiger partial charge in [-0.25, -0.2) is 13.9 Å². The molecule has 5 heterocycles. The van der Waals surface area contributed by atoms with Crippen LogP contribution < -0.4 is 0 Å². The summed E-state index contributed by atoms with van der Waals surface area (Å²) in [6, 6.07) is 6.45. The Morgan fingerprint density at radius 3 is 2.97 bits per heavy atom. The maximum absolute atomic E-state index is 13.7. The Hall–Kier alpha value is -2.77. The van der Waals surface area contributed by atoms with Crippen molar-refractivity contribution in [1.82, 2.24) is 34.3 Å². The minimum absolute atomic E-state index is 0.194. The van der Waals surface area contributed by atoms with Gasteiger partial charge in [0.1, 0.15) is 17.4 Å². The molecule has 1 N–H and O–H groups in total. The van der Waals surface area contributed by atoms with E-state index in [0.29, 0.717) is 29.4 Å². The quantitative estimate of drug-likeness (QED) is 0.491. The predicted octanol–water partition coefficient (Wildman–Crippen LogP) is 3.08. The molecule has 0 aliphatic carbocycles. The summed E-state index contributed by atoms with van der Waals surface area (Å²) in [7, 11) is 3.68. The fraction of sp³-hybridized carbons (Fsp3) is 0.263. The molecule has 0 spiro atoms. The molecule has 8 nitrogen and oxygen atoms in total. The maximum Gasteiger partial charge on any atom is 0.273 e. The first-order chi connectivity index (χ1) is 14.4. The van der Waals surface area contributed by atoms with E-state index in [1.54, 1.807) is 35.1 Å². The predicted molar refractivity (Wildman–Crippen MR) is 112 cm³/mol. The number of fused-ring (bicyclic) bond motifs is 2. The van der Waals surface area contributed by atoms with E-state index in [1.165, 1.54) is 10.7 Å². The molecule has 154 valence electrons. The van der Waals surface area contributed by atoms with Crippen molar-refractivity contribution >= 4 is 32.3 Å². The number of aromatic nitrogens is 6. The number of imidazole rings is 1. The second kappa shape index (κ2) is 7.18. The lowest BCUT2D eigenvalue weighted by Gasteiger charge is -2.33. The van der Waals surface area contributed by atoms with Crippen LogP contribution in [0, 0.1) is 0 Å². The molecule has 5 rings (SSSR count). The van der Waals surface area contributed by atoms with Crippen LogP contribution in [0.1, 0.15) is 45.2 Å². The van der Waals surface area contributed by atoms with Crippen molar-refractivity contribution in [3.8, 4) is 0 Å². The highest BCUT2D eigenvalue weighted by Gasteiger charge is 2.37. The Balaban J connectivity index is 1.62. The molecular weight excluding hydrogens is 428 g/mol. The van der Waals surface area contributed by atoms with Crippen LogP contribution >= 0.6 is 20.8 Å². The zero-order valence-electron chi connectivity index (χ0n) is 16.0. The molecule has 3 atom stereocenters. The monoisotopic (exact) mass is 445 g/mol. The largest absolute Gasteiger partial charge is 0.348 e. The third-order valence-electron chi connectivity index (χ3n) is 5.34. The molecule has 1 amide bonds.